The smallest absolute Gasteiger partial charge is 0.263 e. The number of anilines is 3. The van der Waals surface area contributed by atoms with Gasteiger partial charge in [-0.15, -0.1) is 0 Å². The van der Waals surface area contributed by atoms with Crippen LogP contribution in [0.3, 0.4) is 0 Å². The average Bonchev–Trinajstić information content (AvgIpc) is 3.14. The topological polar surface area (TPSA) is 98.4 Å². The van der Waals surface area contributed by atoms with Gasteiger partial charge in [-0.25, -0.2) is 8.42 Å². The van der Waals surface area contributed by atoms with Gasteiger partial charge in [0.05, 0.1) is 23.5 Å². The lowest BCUT2D eigenvalue weighted by atomic mass is 10.2. The quantitative estimate of drug-likeness (QED) is 0.554. The van der Waals surface area contributed by atoms with Crippen molar-refractivity contribution < 1.29 is 12.8 Å². The second-order valence-electron chi connectivity index (χ2n) is 6.00. The summed E-state index contributed by atoms with van der Waals surface area (Å²) in [5.41, 5.74) is 1.75. The maximum atomic E-state index is 12.6. The molecule has 0 radical (unpaired) electrons. The van der Waals surface area contributed by atoms with Crippen molar-refractivity contribution in [3.05, 3.63) is 70.4 Å². The molecule has 0 bridgehead atoms. The van der Waals surface area contributed by atoms with Crippen molar-refractivity contribution in [1.82, 2.24) is 0 Å². The first-order valence-corrected chi connectivity index (χ1v) is 10.3. The summed E-state index contributed by atoms with van der Waals surface area (Å²) >= 11 is 11.9. The fourth-order valence-corrected chi connectivity index (χ4v) is 4.65. The molecule has 0 saturated carbocycles. The summed E-state index contributed by atoms with van der Waals surface area (Å²) in [5, 5.41) is 11.8. The van der Waals surface area contributed by atoms with E-state index in [-0.39, 0.29) is 14.9 Å². The Balaban J connectivity index is 1.56. The number of halogens is 2. The zero-order valence-corrected chi connectivity index (χ0v) is 16.6. The lowest BCUT2D eigenvalue weighted by Gasteiger charge is -2.29. The summed E-state index contributed by atoms with van der Waals surface area (Å²) in [4.78, 5) is 1.64. The third-order valence-electron chi connectivity index (χ3n) is 4.20. The molecular formula is C18H14Cl2N4O3S. The fraction of sp³-hybridized carbons (Fsp3) is 0.0556. The average molecular weight is 437 g/mol. The molecule has 28 heavy (non-hydrogen) atoms. The van der Waals surface area contributed by atoms with Gasteiger partial charge in [-0.05, 0) is 48.5 Å². The van der Waals surface area contributed by atoms with Crippen LogP contribution in [-0.4, -0.2) is 20.9 Å². The lowest BCUT2D eigenvalue weighted by molar-refractivity contribution is 0.577. The van der Waals surface area contributed by atoms with E-state index in [0.29, 0.717) is 29.6 Å². The highest BCUT2D eigenvalue weighted by atomic mass is 35.5. The third kappa shape index (κ3) is 3.42. The zero-order chi connectivity index (χ0) is 19.9. The van der Waals surface area contributed by atoms with E-state index in [1.54, 1.807) is 35.2 Å². The molecule has 0 fully saturated rings. The van der Waals surface area contributed by atoms with E-state index in [9.17, 15) is 8.42 Å². The van der Waals surface area contributed by atoms with Crippen molar-refractivity contribution >= 4 is 56.3 Å². The molecule has 10 heteroatoms. The maximum Gasteiger partial charge on any atom is 0.263 e. The van der Waals surface area contributed by atoms with Gasteiger partial charge in [0.2, 0.25) is 5.88 Å². The Hall–Kier alpha value is -2.68. The van der Waals surface area contributed by atoms with E-state index in [1.807, 2.05) is 0 Å². The van der Waals surface area contributed by atoms with Crippen LogP contribution in [0.15, 0.2) is 64.1 Å². The molecule has 0 atom stereocenters. The molecule has 7 nitrogen and oxygen atoms in total. The molecule has 1 aliphatic rings. The molecule has 3 N–H and O–H groups in total. The molecular weight excluding hydrogens is 423 g/mol. The number of rotatable bonds is 4. The molecule has 3 aromatic rings. The largest absolute Gasteiger partial charge is 0.448 e. The van der Waals surface area contributed by atoms with Crippen LogP contribution >= 0.6 is 23.2 Å². The first-order chi connectivity index (χ1) is 13.3. The Bertz CT molecular complexity index is 1160. The number of nitrogens with one attached hydrogen (secondary N) is 3. The minimum atomic E-state index is -3.89. The Morgan fingerprint density at radius 2 is 1.86 bits per heavy atom. The standard InChI is InChI=1S/C18H14Cl2N4O3S/c19-11-1-6-15(20)16(9-11)28(25,26)23-12-2-4-13(5-3-12)24-10-22-18-14(17(24)21)7-8-27-18/h1-9,21-23H,10H2. The number of hydrogen-bond donors (Lipinski definition) is 3. The predicted octanol–water partition coefficient (Wildman–Crippen LogP) is 4.60. The molecule has 4 rings (SSSR count). The Morgan fingerprint density at radius 3 is 2.61 bits per heavy atom. The molecule has 0 aliphatic carbocycles. The van der Waals surface area contributed by atoms with Crippen LogP contribution in [0.2, 0.25) is 10.0 Å². The molecule has 1 aliphatic heterocycles. The van der Waals surface area contributed by atoms with Gasteiger partial charge in [-0.3, -0.25) is 10.1 Å². The SMILES string of the molecule is N=C1c2ccoc2NCN1c1ccc(NS(=O)(=O)c2cc(Cl)ccc2Cl)cc1. The second-order valence-corrected chi connectivity index (χ2v) is 8.50. The molecule has 0 unspecified atom stereocenters. The number of sulfonamides is 1. The minimum Gasteiger partial charge on any atom is -0.448 e. The van der Waals surface area contributed by atoms with Gasteiger partial charge in [0, 0.05) is 16.4 Å². The number of amidine groups is 1. The molecule has 2 aromatic carbocycles. The van der Waals surface area contributed by atoms with Crippen LogP contribution in [0.25, 0.3) is 0 Å². The van der Waals surface area contributed by atoms with E-state index >= 15 is 0 Å². The minimum absolute atomic E-state index is 0.0808. The van der Waals surface area contributed by atoms with Crippen LogP contribution in [0.1, 0.15) is 5.56 Å². The maximum absolute atomic E-state index is 12.6. The van der Waals surface area contributed by atoms with Crippen molar-refractivity contribution in [2.45, 2.75) is 4.90 Å². The summed E-state index contributed by atoms with van der Waals surface area (Å²) in [6.07, 6.45) is 1.52. The molecule has 144 valence electrons. The first kappa shape index (κ1) is 18.7. The summed E-state index contributed by atoms with van der Waals surface area (Å²) < 4.78 is 33.0. The first-order valence-electron chi connectivity index (χ1n) is 8.11. The molecule has 0 saturated heterocycles. The van der Waals surface area contributed by atoms with E-state index in [1.165, 1.54) is 24.5 Å². The number of hydrogen-bond acceptors (Lipinski definition) is 5. The van der Waals surface area contributed by atoms with Crippen LogP contribution in [0.4, 0.5) is 17.3 Å². The Labute approximate surface area is 171 Å². The van der Waals surface area contributed by atoms with E-state index in [2.05, 4.69) is 10.0 Å². The molecule has 2 heterocycles. The number of fused-ring (bicyclic) bond motifs is 1. The van der Waals surface area contributed by atoms with Gasteiger partial charge in [-0.1, -0.05) is 23.2 Å². The van der Waals surface area contributed by atoms with Gasteiger partial charge < -0.3 is 14.6 Å². The Morgan fingerprint density at radius 1 is 1.11 bits per heavy atom. The normalized spacial score (nSPS) is 13.8. The van der Waals surface area contributed by atoms with Gasteiger partial charge >= 0.3 is 0 Å². The van der Waals surface area contributed by atoms with Crippen LogP contribution < -0.4 is 14.9 Å². The summed E-state index contributed by atoms with van der Waals surface area (Å²) in [6, 6.07) is 12.6. The number of benzene rings is 2. The third-order valence-corrected chi connectivity index (χ3v) is 6.30. The highest BCUT2D eigenvalue weighted by Gasteiger charge is 2.24. The number of furan rings is 1. The highest BCUT2D eigenvalue weighted by Crippen LogP contribution is 2.29. The molecule has 1 aromatic heterocycles. The van der Waals surface area contributed by atoms with Gasteiger partial charge in [0.25, 0.3) is 10.0 Å². The second kappa shape index (κ2) is 7.05. The fourth-order valence-electron chi connectivity index (χ4n) is 2.83. The lowest BCUT2D eigenvalue weighted by Crippen LogP contribution is -2.39. The van der Waals surface area contributed by atoms with Crippen molar-refractivity contribution in [2.75, 3.05) is 21.6 Å². The summed E-state index contributed by atoms with van der Waals surface area (Å²) in [6.45, 7) is 0.364. The summed E-state index contributed by atoms with van der Waals surface area (Å²) in [5.74, 6) is 0.852. The van der Waals surface area contributed by atoms with E-state index < -0.39 is 10.0 Å². The van der Waals surface area contributed by atoms with Gasteiger partial charge in [-0.2, -0.15) is 0 Å². The van der Waals surface area contributed by atoms with E-state index in [0.717, 1.165) is 5.69 Å². The monoisotopic (exact) mass is 436 g/mol. The van der Waals surface area contributed by atoms with Crippen LogP contribution in [0.5, 0.6) is 0 Å². The number of nitrogens with zero attached hydrogens (tertiary/aromatic N) is 1. The van der Waals surface area contributed by atoms with Crippen molar-refractivity contribution in [3.8, 4) is 0 Å². The zero-order valence-electron chi connectivity index (χ0n) is 14.2. The van der Waals surface area contributed by atoms with Crippen molar-refractivity contribution in [2.24, 2.45) is 0 Å². The molecule has 0 amide bonds. The van der Waals surface area contributed by atoms with Crippen LogP contribution in [0, 0.1) is 5.41 Å². The van der Waals surface area contributed by atoms with Gasteiger partial charge in [0.15, 0.2) is 0 Å². The highest BCUT2D eigenvalue weighted by molar-refractivity contribution is 7.92. The predicted molar refractivity (Wildman–Crippen MR) is 110 cm³/mol. The Kier molecular flexibility index (Phi) is 4.70. The van der Waals surface area contributed by atoms with Crippen LogP contribution in [-0.2, 0) is 10.0 Å². The molecule has 0 spiro atoms. The van der Waals surface area contributed by atoms with Crippen molar-refractivity contribution in [1.29, 1.82) is 5.41 Å². The van der Waals surface area contributed by atoms with Gasteiger partial charge in [0.1, 0.15) is 10.7 Å². The summed E-state index contributed by atoms with van der Waals surface area (Å²) in [7, 11) is -3.89. The van der Waals surface area contributed by atoms with E-state index in [4.69, 9.17) is 33.0 Å². The van der Waals surface area contributed by atoms with Crippen molar-refractivity contribution in [3.63, 3.8) is 0 Å².